The standard InChI is InChI=1S/C14H21NO/c1-16-14-9-5-4-8-12(14)13(10-15)11-6-2-3-7-11/h4-5,8-9,11,13H,2-3,6-7,10,15H2,1H3. The molecule has 0 bridgehead atoms. The van der Waals surface area contributed by atoms with Gasteiger partial charge in [-0.3, -0.25) is 0 Å². The van der Waals surface area contributed by atoms with Crippen LogP contribution >= 0.6 is 0 Å². The maximum absolute atomic E-state index is 5.95. The highest BCUT2D eigenvalue weighted by Gasteiger charge is 2.26. The third kappa shape index (κ3) is 2.22. The van der Waals surface area contributed by atoms with Gasteiger partial charge in [0.1, 0.15) is 5.75 Å². The van der Waals surface area contributed by atoms with E-state index in [1.807, 2.05) is 12.1 Å². The van der Waals surface area contributed by atoms with Crippen LogP contribution in [0.2, 0.25) is 0 Å². The number of para-hydroxylation sites is 1. The van der Waals surface area contributed by atoms with Crippen LogP contribution in [0.3, 0.4) is 0 Å². The zero-order valence-corrected chi connectivity index (χ0v) is 9.99. The highest BCUT2D eigenvalue weighted by atomic mass is 16.5. The molecule has 88 valence electrons. The van der Waals surface area contributed by atoms with Crippen molar-refractivity contribution in [3.63, 3.8) is 0 Å². The van der Waals surface area contributed by atoms with Crippen molar-refractivity contribution in [2.75, 3.05) is 13.7 Å². The fourth-order valence-electron chi connectivity index (χ4n) is 2.91. The molecule has 0 aromatic heterocycles. The van der Waals surface area contributed by atoms with E-state index in [9.17, 15) is 0 Å². The Labute approximate surface area is 97.8 Å². The molecule has 1 aromatic rings. The summed E-state index contributed by atoms with van der Waals surface area (Å²) in [6, 6.07) is 8.29. The molecule has 1 aromatic carbocycles. The van der Waals surface area contributed by atoms with E-state index < -0.39 is 0 Å². The molecule has 1 atom stereocenters. The quantitative estimate of drug-likeness (QED) is 0.845. The molecule has 16 heavy (non-hydrogen) atoms. The molecule has 2 nitrogen and oxygen atoms in total. The summed E-state index contributed by atoms with van der Waals surface area (Å²) in [5, 5.41) is 0. The topological polar surface area (TPSA) is 35.2 Å². The van der Waals surface area contributed by atoms with E-state index in [1.165, 1.54) is 31.2 Å². The molecule has 2 heteroatoms. The van der Waals surface area contributed by atoms with Crippen molar-refractivity contribution in [1.82, 2.24) is 0 Å². The van der Waals surface area contributed by atoms with Gasteiger partial charge in [-0.05, 0) is 36.9 Å². The zero-order valence-electron chi connectivity index (χ0n) is 9.99. The van der Waals surface area contributed by atoms with Gasteiger partial charge >= 0.3 is 0 Å². The van der Waals surface area contributed by atoms with E-state index in [2.05, 4.69) is 12.1 Å². The second-order valence-corrected chi connectivity index (χ2v) is 4.63. The summed E-state index contributed by atoms with van der Waals surface area (Å²) >= 11 is 0. The maximum atomic E-state index is 5.95. The van der Waals surface area contributed by atoms with Crippen LogP contribution in [-0.4, -0.2) is 13.7 Å². The Balaban J connectivity index is 2.24. The fraction of sp³-hybridized carbons (Fsp3) is 0.571. The lowest BCUT2D eigenvalue weighted by Gasteiger charge is -2.24. The zero-order chi connectivity index (χ0) is 11.4. The molecule has 0 radical (unpaired) electrons. The first-order valence-corrected chi connectivity index (χ1v) is 6.19. The van der Waals surface area contributed by atoms with Crippen molar-refractivity contribution < 1.29 is 4.74 Å². The molecule has 0 spiro atoms. The molecule has 0 amide bonds. The van der Waals surface area contributed by atoms with E-state index in [1.54, 1.807) is 7.11 Å². The Morgan fingerprint density at radius 1 is 1.31 bits per heavy atom. The van der Waals surface area contributed by atoms with Gasteiger partial charge in [-0.15, -0.1) is 0 Å². The molecule has 1 aliphatic rings. The van der Waals surface area contributed by atoms with E-state index >= 15 is 0 Å². The minimum absolute atomic E-state index is 0.471. The SMILES string of the molecule is COc1ccccc1C(CN)C1CCCC1. The van der Waals surface area contributed by atoms with Crippen molar-refractivity contribution in [2.24, 2.45) is 11.7 Å². The predicted octanol–water partition coefficient (Wildman–Crippen LogP) is 2.93. The van der Waals surface area contributed by atoms with Crippen molar-refractivity contribution >= 4 is 0 Å². The molecule has 2 N–H and O–H groups in total. The normalized spacial score (nSPS) is 18.6. The van der Waals surface area contributed by atoms with Gasteiger partial charge in [0.2, 0.25) is 0 Å². The summed E-state index contributed by atoms with van der Waals surface area (Å²) in [5.41, 5.74) is 7.24. The lowest BCUT2D eigenvalue weighted by atomic mass is 9.84. The van der Waals surface area contributed by atoms with Crippen molar-refractivity contribution in [3.8, 4) is 5.75 Å². The van der Waals surface area contributed by atoms with Gasteiger partial charge < -0.3 is 10.5 Å². The summed E-state index contributed by atoms with van der Waals surface area (Å²) < 4.78 is 5.43. The van der Waals surface area contributed by atoms with Crippen LogP contribution < -0.4 is 10.5 Å². The van der Waals surface area contributed by atoms with Crippen LogP contribution in [0.5, 0.6) is 5.75 Å². The molecule has 1 fully saturated rings. The summed E-state index contributed by atoms with van der Waals surface area (Å²) in [6.45, 7) is 0.727. The number of rotatable bonds is 4. The van der Waals surface area contributed by atoms with Gasteiger partial charge in [0.15, 0.2) is 0 Å². The van der Waals surface area contributed by atoms with E-state index in [4.69, 9.17) is 10.5 Å². The molecule has 0 aliphatic heterocycles. The Bertz CT molecular complexity index is 331. The Kier molecular flexibility index (Phi) is 3.83. The average molecular weight is 219 g/mol. The van der Waals surface area contributed by atoms with E-state index in [-0.39, 0.29) is 0 Å². The molecular formula is C14H21NO. The molecule has 0 heterocycles. The van der Waals surface area contributed by atoms with Crippen LogP contribution in [0.15, 0.2) is 24.3 Å². The second kappa shape index (κ2) is 5.35. The largest absolute Gasteiger partial charge is 0.496 e. The lowest BCUT2D eigenvalue weighted by molar-refractivity contribution is 0.384. The first-order chi connectivity index (χ1) is 7.86. The van der Waals surface area contributed by atoms with Crippen LogP contribution in [-0.2, 0) is 0 Å². The summed E-state index contributed by atoms with van der Waals surface area (Å²) in [6.07, 6.45) is 5.35. The van der Waals surface area contributed by atoms with Gasteiger partial charge in [0, 0.05) is 5.92 Å². The minimum atomic E-state index is 0.471. The molecule has 2 rings (SSSR count). The van der Waals surface area contributed by atoms with E-state index in [0.717, 1.165) is 18.2 Å². The number of benzene rings is 1. The fourth-order valence-corrected chi connectivity index (χ4v) is 2.91. The molecule has 1 saturated carbocycles. The second-order valence-electron chi connectivity index (χ2n) is 4.63. The third-order valence-corrected chi connectivity index (χ3v) is 3.76. The Hall–Kier alpha value is -1.02. The summed E-state index contributed by atoms with van der Waals surface area (Å²) in [5.74, 6) is 2.21. The van der Waals surface area contributed by atoms with Crippen molar-refractivity contribution in [2.45, 2.75) is 31.6 Å². The number of methoxy groups -OCH3 is 1. The van der Waals surface area contributed by atoms with Gasteiger partial charge in [-0.25, -0.2) is 0 Å². The molecule has 1 aliphatic carbocycles. The van der Waals surface area contributed by atoms with Crippen molar-refractivity contribution in [1.29, 1.82) is 0 Å². The number of hydrogen-bond donors (Lipinski definition) is 1. The number of nitrogens with two attached hydrogens (primary N) is 1. The Morgan fingerprint density at radius 3 is 2.62 bits per heavy atom. The highest BCUT2D eigenvalue weighted by molar-refractivity contribution is 5.37. The smallest absolute Gasteiger partial charge is 0.122 e. The van der Waals surface area contributed by atoms with E-state index in [0.29, 0.717) is 5.92 Å². The molecule has 0 saturated heterocycles. The van der Waals surface area contributed by atoms with Crippen molar-refractivity contribution in [3.05, 3.63) is 29.8 Å². The van der Waals surface area contributed by atoms with Gasteiger partial charge in [-0.2, -0.15) is 0 Å². The number of ether oxygens (including phenoxy) is 1. The third-order valence-electron chi connectivity index (χ3n) is 3.76. The summed E-state index contributed by atoms with van der Waals surface area (Å²) in [4.78, 5) is 0. The van der Waals surface area contributed by atoms with Crippen LogP contribution in [0.1, 0.15) is 37.2 Å². The average Bonchev–Trinajstić information content (AvgIpc) is 2.84. The minimum Gasteiger partial charge on any atom is -0.496 e. The maximum Gasteiger partial charge on any atom is 0.122 e. The number of hydrogen-bond acceptors (Lipinski definition) is 2. The molecule has 1 unspecified atom stereocenters. The van der Waals surface area contributed by atoms with Crippen LogP contribution in [0, 0.1) is 5.92 Å². The predicted molar refractivity (Wildman–Crippen MR) is 66.7 cm³/mol. The Morgan fingerprint density at radius 2 is 2.00 bits per heavy atom. The monoisotopic (exact) mass is 219 g/mol. The van der Waals surface area contributed by atoms with Crippen LogP contribution in [0.25, 0.3) is 0 Å². The highest BCUT2D eigenvalue weighted by Crippen LogP contribution is 2.39. The first kappa shape index (κ1) is 11.5. The van der Waals surface area contributed by atoms with Crippen LogP contribution in [0.4, 0.5) is 0 Å². The van der Waals surface area contributed by atoms with Gasteiger partial charge in [-0.1, -0.05) is 31.0 Å². The first-order valence-electron chi connectivity index (χ1n) is 6.19. The lowest BCUT2D eigenvalue weighted by Crippen LogP contribution is -2.20. The van der Waals surface area contributed by atoms with Gasteiger partial charge in [0.25, 0.3) is 0 Å². The molecular weight excluding hydrogens is 198 g/mol. The van der Waals surface area contributed by atoms with Gasteiger partial charge in [0.05, 0.1) is 7.11 Å². The summed E-state index contributed by atoms with van der Waals surface area (Å²) in [7, 11) is 1.74.